The van der Waals surface area contributed by atoms with Crippen LogP contribution in [0.4, 0.5) is 11.4 Å². The highest BCUT2D eigenvalue weighted by Gasteiger charge is 2.23. The van der Waals surface area contributed by atoms with Gasteiger partial charge in [-0.1, -0.05) is 0 Å². The van der Waals surface area contributed by atoms with Gasteiger partial charge in [-0.2, -0.15) is 5.26 Å². The third-order valence-corrected chi connectivity index (χ3v) is 3.81. The second-order valence-electron chi connectivity index (χ2n) is 5.54. The molecule has 1 fully saturated rings. The molecule has 0 bridgehead atoms. The molecule has 4 nitrogen and oxygen atoms in total. The van der Waals surface area contributed by atoms with E-state index in [9.17, 15) is 0 Å². The number of hydrogen-bond acceptors (Lipinski definition) is 4. The van der Waals surface area contributed by atoms with Crippen molar-refractivity contribution in [1.82, 2.24) is 4.90 Å². The first kappa shape index (κ1) is 13.7. The maximum Gasteiger partial charge on any atom is 0.0992 e. The van der Waals surface area contributed by atoms with Gasteiger partial charge in [-0.15, -0.1) is 0 Å². The highest BCUT2D eigenvalue weighted by atomic mass is 15.2. The summed E-state index contributed by atoms with van der Waals surface area (Å²) in [6.45, 7) is 7.72. The standard InChI is InChI=1S/C15H22N4/c1-11(2)19-6-5-13(10-19)9-18-15-7-12(8-16)3-4-14(15)17/h3-4,7,11,13,18H,5-6,9-10,17H2,1-2H3. The molecule has 4 heteroatoms. The van der Waals surface area contributed by atoms with E-state index in [1.54, 1.807) is 12.1 Å². The van der Waals surface area contributed by atoms with Crippen LogP contribution in [0.3, 0.4) is 0 Å². The number of nitrogens with zero attached hydrogens (tertiary/aromatic N) is 2. The Hall–Kier alpha value is -1.73. The number of anilines is 2. The summed E-state index contributed by atoms with van der Waals surface area (Å²) in [5.41, 5.74) is 8.15. The highest BCUT2D eigenvalue weighted by molar-refractivity contribution is 5.68. The Labute approximate surface area is 115 Å². The van der Waals surface area contributed by atoms with Gasteiger partial charge in [0.15, 0.2) is 0 Å². The zero-order valence-electron chi connectivity index (χ0n) is 11.7. The minimum absolute atomic E-state index is 0.622. The fourth-order valence-electron chi connectivity index (χ4n) is 2.53. The first-order valence-electron chi connectivity index (χ1n) is 6.87. The lowest BCUT2D eigenvalue weighted by Crippen LogP contribution is -2.29. The number of rotatable bonds is 4. The molecule has 1 unspecified atom stereocenters. The minimum atomic E-state index is 0.622. The summed E-state index contributed by atoms with van der Waals surface area (Å²) in [5, 5.41) is 12.3. The summed E-state index contributed by atoms with van der Waals surface area (Å²) in [7, 11) is 0. The summed E-state index contributed by atoms with van der Waals surface area (Å²) in [4.78, 5) is 2.50. The monoisotopic (exact) mass is 258 g/mol. The van der Waals surface area contributed by atoms with Gasteiger partial charge >= 0.3 is 0 Å². The molecule has 1 saturated heterocycles. The van der Waals surface area contributed by atoms with Crippen molar-refractivity contribution in [3.8, 4) is 6.07 Å². The molecule has 19 heavy (non-hydrogen) atoms. The third-order valence-electron chi connectivity index (χ3n) is 3.81. The molecule has 1 aliphatic heterocycles. The molecular formula is C15H22N4. The van der Waals surface area contributed by atoms with Crippen LogP contribution in [0.15, 0.2) is 18.2 Å². The molecular weight excluding hydrogens is 236 g/mol. The Kier molecular flexibility index (Phi) is 4.28. The van der Waals surface area contributed by atoms with Gasteiger partial charge in [0.1, 0.15) is 0 Å². The van der Waals surface area contributed by atoms with E-state index in [2.05, 4.69) is 30.1 Å². The predicted octanol–water partition coefficient (Wildman–Crippen LogP) is 2.28. The van der Waals surface area contributed by atoms with Gasteiger partial charge < -0.3 is 16.0 Å². The SMILES string of the molecule is CC(C)N1CCC(CNc2cc(C#N)ccc2N)C1. The molecule has 0 amide bonds. The predicted molar refractivity (Wildman–Crippen MR) is 78.9 cm³/mol. The maximum absolute atomic E-state index is 8.90. The molecule has 0 aromatic heterocycles. The molecule has 1 aromatic carbocycles. The van der Waals surface area contributed by atoms with Crippen LogP contribution in [0, 0.1) is 17.2 Å². The van der Waals surface area contributed by atoms with E-state index in [1.807, 2.05) is 6.07 Å². The lowest BCUT2D eigenvalue weighted by atomic mass is 10.1. The smallest absolute Gasteiger partial charge is 0.0992 e. The van der Waals surface area contributed by atoms with Crippen LogP contribution >= 0.6 is 0 Å². The number of likely N-dealkylation sites (tertiary alicyclic amines) is 1. The second-order valence-corrected chi connectivity index (χ2v) is 5.54. The Bertz CT molecular complexity index is 476. The quantitative estimate of drug-likeness (QED) is 0.813. The topological polar surface area (TPSA) is 65.1 Å². The van der Waals surface area contributed by atoms with Crippen LogP contribution in [0.25, 0.3) is 0 Å². The van der Waals surface area contributed by atoms with Crippen molar-refractivity contribution in [1.29, 1.82) is 5.26 Å². The van der Waals surface area contributed by atoms with E-state index >= 15 is 0 Å². The molecule has 102 valence electrons. The summed E-state index contributed by atoms with van der Waals surface area (Å²) in [6, 6.07) is 8.12. The van der Waals surface area contributed by atoms with Crippen molar-refractivity contribution >= 4 is 11.4 Å². The molecule has 1 atom stereocenters. The van der Waals surface area contributed by atoms with Gasteiger partial charge in [0, 0.05) is 19.1 Å². The first-order chi connectivity index (χ1) is 9.10. The largest absolute Gasteiger partial charge is 0.397 e. The normalized spacial score (nSPS) is 19.6. The molecule has 3 N–H and O–H groups in total. The van der Waals surface area contributed by atoms with Crippen molar-refractivity contribution in [2.45, 2.75) is 26.3 Å². The Morgan fingerprint density at radius 2 is 2.32 bits per heavy atom. The van der Waals surface area contributed by atoms with Crippen molar-refractivity contribution in [2.75, 3.05) is 30.7 Å². The fourth-order valence-corrected chi connectivity index (χ4v) is 2.53. The van der Waals surface area contributed by atoms with Crippen molar-refractivity contribution in [3.05, 3.63) is 23.8 Å². The first-order valence-corrected chi connectivity index (χ1v) is 6.87. The van der Waals surface area contributed by atoms with Crippen molar-refractivity contribution in [3.63, 3.8) is 0 Å². The number of benzene rings is 1. The van der Waals surface area contributed by atoms with Crippen LogP contribution in [0.5, 0.6) is 0 Å². The van der Waals surface area contributed by atoms with Crippen LogP contribution < -0.4 is 11.1 Å². The zero-order chi connectivity index (χ0) is 13.8. The van der Waals surface area contributed by atoms with Crippen molar-refractivity contribution < 1.29 is 0 Å². The average Bonchev–Trinajstić information content (AvgIpc) is 2.87. The summed E-state index contributed by atoms with van der Waals surface area (Å²) >= 11 is 0. The molecule has 1 aliphatic rings. The second kappa shape index (κ2) is 5.94. The van der Waals surface area contributed by atoms with Crippen LogP contribution in [-0.4, -0.2) is 30.6 Å². The van der Waals surface area contributed by atoms with Crippen LogP contribution in [0.2, 0.25) is 0 Å². The van der Waals surface area contributed by atoms with Gasteiger partial charge in [0.05, 0.1) is 23.0 Å². The Balaban J connectivity index is 1.91. The van der Waals surface area contributed by atoms with E-state index in [1.165, 1.54) is 13.0 Å². The summed E-state index contributed by atoms with van der Waals surface area (Å²) < 4.78 is 0. The number of nitriles is 1. The molecule has 0 saturated carbocycles. The van der Waals surface area contributed by atoms with E-state index in [-0.39, 0.29) is 0 Å². The van der Waals surface area contributed by atoms with Crippen LogP contribution in [-0.2, 0) is 0 Å². The minimum Gasteiger partial charge on any atom is -0.397 e. The lowest BCUT2D eigenvalue weighted by molar-refractivity contribution is 0.266. The molecule has 2 rings (SSSR count). The van der Waals surface area contributed by atoms with Crippen LogP contribution in [0.1, 0.15) is 25.8 Å². The molecule has 1 aromatic rings. The maximum atomic E-state index is 8.90. The Morgan fingerprint density at radius 3 is 2.95 bits per heavy atom. The van der Waals surface area contributed by atoms with E-state index in [4.69, 9.17) is 11.0 Å². The van der Waals surface area contributed by atoms with E-state index in [0.29, 0.717) is 23.2 Å². The number of hydrogen-bond donors (Lipinski definition) is 2. The molecule has 0 aliphatic carbocycles. The van der Waals surface area contributed by atoms with E-state index in [0.717, 1.165) is 18.8 Å². The van der Waals surface area contributed by atoms with Gasteiger partial charge in [-0.25, -0.2) is 0 Å². The zero-order valence-corrected chi connectivity index (χ0v) is 11.7. The third kappa shape index (κ3) is 3.39. The summed E-state index contributed by atoms with van der Waals surface area (Å²) in [5.74, 6) is 0.660. The Morgan fingerprint density at radius 1 is 1.53 bits per heavy atom. The van der Waals surface area contributed by atoms with E-state index < -0.39 is 0 Å². The summed E-state index contributed by atoms with van der Waals surface area (Å²) in [6.07, 6.45) is 1.23. The van der Waals surface area contributed by atoms with Gasteiger partial charge in [-0.3, -0.25) is 0 Å². The number of nitrogen functional groups attached to an aromatic ring is 1. The number of nitrogens with two attached hydrogens (primary N) is 1. The molecule has 0 radical (unpaired) electrons. The average molecular weight is 258 g/mol. The molecule has 0 spiro atoms. The molecule has 1 heterocycles. The highest BCUT2D eigenvalue weighted by Crippen LogP contribution is 2.23. The van der Waals surface area contributed by atoms with Gasteiger partial charge in [-0.05, 0) is 50.9 Å². The van der Waals surface area contributed by atoms with Gasteiger partial charge in [0.2, 0.25) is 0 Å². The lowest BCUT2D eigenvalue weighted by Gasteiger charge is -2.20. The van der Waals surface area contributed by atoms with Gasteiger partial charge in [0.25, 0.3) is 0 Å². The number of nitrogens with one attached hydrogen (secondary N) is 1. The fraction of sp³-hybridized carbons (Fsp3) is 0.533. The van der Waals surface area contributed by atoms with Crippen molar-refractivity contribution in [2.24, 2.45) is 5.92 Å².